The molecule has 25 heavy (non-hydrogen) atoms. The molecule has 1 fully saturated rings. The summed E-state index contributed by atoms with van der Waals surface area (Å²) in [5.74, 6) is -0.389. The number of amides is 1. The normalized spacial score (nSPS) is 17.0. The molecule has 1 unspecified atom stereocenters. The first-order valence-corrected chi connectivity index (χ1v) is 8.95. The van der Waals surface area contributed by atoms with Crippen LogP contribution in [0.15, 0.2) is 24.3 Å². The van der Waals surface area contributed by atoms with E-state index in [9.17, 15) is 15.0 Å². The van der Waals surface area contributed by atoms with Crippen LogP contribution in [-0.4, -0.2) is 32.5 Å². The molecule has 1 aromatic carbocycles. The molecular formula is C18H22ClN3O3. The monoisotopic (exact) mass is 363 g/mol. The maximum Gasteiger partial charge on any atom is 0.254 e. The molecule has 1 aliphatic rings. The predicted molar refractivity (Wildman–Crippen MR) is 95.4 cm³/mol. The molecule has 1 amide bonds. The average molecular weight is 364 g/mol. The molecule has 0 saturated heterocycles. The van der Waals surface area contributed by atoms with Crippen LogP contribution in [-0.2, 0) is 0 Å². The van der Waals surface area contributed by atoms with E-state index in [1.807, 2.05) is 0 Å². The molecule has 1 atom stereocenters. The van der Waals surface area contributed by atoms with Crippen LogP contribution in [0.25, 0.3) is 11.3 Å². The summed E-state index contributed by atoms with van der Waals surface area (Å²) >= 11 is 6.16. The molecule has 3 rings (SSSR count). The fourth-order valence-electron chi connectivity index (χ4n) is 3.27. The lowest BCUT2D eigenvalue weighted by Crippen LogP contribution is -2.40. The lowest BCUT2D eigenvalue weighted by molar-refractivity contribution is 0.0532. The van der Waals surface area contributed by atoms with E-state index < -0.39 is 12.1 Å². The van der Waals surface area contributed by atoms with Crippen LogP contribution in [0.4, 0.5) is 0 Å². The van der Waals surface area contributed by atoms with E-state index in [0.717, 1.165) is 25.7 Å². The Morgan fingerprint density at radius 1 is 1.24 bits per heavy atom. The van der Waals surface area contributed by atoms with Crippen LogP contribution < -0.4 is 5.32 Å². The number of aliphatic hydroxyl groups is 1. The highest BCUT2D eigenvalue weighted by molar-refractivity contribution is 6.34. The first kappa shape index (κ1) is 17.8. The Morgan fingerprint density at radius 2 is 1.96 bits per heavy atom. The van der Waals surface area contributed by atoms with Gasteiger partial charge in [-0.2, -0.15) is 5.10 Å². The van der Waals surface area contributed by atoms with Crippen LogP contribution >= 0.6 is 11.6 Å². The summed E-state index contributed by atoms with van der Waals surface area (Å²) in [6.07, 6.45) is 5.49. The van der Waals surface area contributed by atoms with Crippen LogP contribution in [0, 0.1) is 5.92 Å². The van der Waals surface area contributed by atoms with Gasteiger partial charge < -0.3 is 15.5 Å². The molecule has 134 valence electrons. The van der Waals surface area contributed by atoms with Gasteiger partial charge in [-0.15, -0.1) is 0 Å². The van der Waals surface area contributed by atoms with Crippen LogP contribution in [0.2, 0.25) is 5.02 Å². The highest BCUT2D eigenvalue weighted by Gasteiger charge is 2.23. The SMILES string of the molecule is O=C(NC(O)C1CCCCCC1)c1cc(-c2cc(O)[nH]n2)ccc1Cl. The van der Waals surface area contributed by atoms with E-state index >= 15 is 0 Å². The zero-order valence-electron chi connectivity index (χ0n) is 13.8. The minimum absolute atomic E-state index is 0.0558. The van der Waals surface area contributed by atoms with Crippen molar-refractivity contribution < 1.29 is 15.0 Å². The quantitative estimate of drug-likeness (QED) is 0.494. The zero-order valence-corrected chi connectivity index (χ0v) is 14.6. The van der Waals surface area contributed by atoms with Crippen molar-refractivity contribution >= 4 is 17.5 Å². The van der Waals surface area contributed by atoms with Gasteiger partial charge in [0.2, 0.25) is 5.88 Å². The number of benzene rings is 1. The van der Waals surface area contributed by atoms with Crippen molar-refractivity contribution in [2.24, 2.45) is 5.92 Å². The third kappa shape index (κ3) is 4.32. The van der Waals surface area contributed by atoms with Crippen molar-refractivity contribution in [3.8, 4) is 17.1 Å². The number of hydrogen-bond donors (Lipinski definition) is 4. The van der Waals surface area contributed by atoms with E-state index in [2.05, 4.69) is 15.5 Å². The van der Waals surface area contributed by atoms with Crippen molar-refractivity contribution in [2.75, 3.05) is 0 Å². The molecule has 0 bridgehead atoms. The molecule has 1 aromatic heterocycles. The molecule has 0 spiro atoms. The van der Waals surface area contributed by atoms with Gasteiger partial charge in [0, 0.05) is 17.5 Å². The highest BCUT2D eigenvalue weighted by atomic mass is 35.5. The van der Waals surface area contributed by atoms with Crippen molar-refractivity contribution in [3.05, 3.63) is 34.9 Å². The molecule has 1 aliphatic carbocycles. The minimum atomic E-state index is -0.875. The lowest BCUT2D eigenvalue weighted by atomic mass is 9.98. The number of aliphatic hydroxyl groups excluding tert-OH is 1. The fraction of sp³-hybridized carbons (Fsp3) is 0.444. The second kappa shape index (κ2) is 7.89. The lowest BCUT2D eigenvalue weighted by Gasteiger charge is -2.22. The Morgan fingerprint density at radius 3 is 2.60 bits per heavy atom. The smallest absolute Gasteiger partial charge is 0.254 e. The van der Waals surface area contributed by atoms with Gasteiger partial charge in [-0.05, 0) is 25.0 Å². The van der Waals surface area contributed by atoms with Crippen LogP contribution in [0.3, 0.4) is 0 Å². The van der Waals surface area contributed by atoms with Gasteiger partial charge in [-0.1, -0.05) is 43.4 Å². The number of aromatic hydroxyl groups is 1. The van der Waals surface area contributed by atoms with Gasteiger partial charge in [-0.3, -0.25) is 4.79 Å². The van der Waals surface area contributed by atoms with Gasteiger partial charge in [0.05, 0.1) is 16.3 Å². The van der Waals surface area contributed by atoms with E-state index in [1.165, 1.54) is 18.9 Å². The zero-order chi connectivity index (χ0) is 17.8. The Bertz CT molecular complexity index is 739. The highest BCUT2D eigenvalue weighted by Crippen LogP contribution is 2.27. The fourth-order valence-corrected chi connectivity index (χ4v) is 3.48. The summed E-state index contributed by atoms with van der Waals surface area (Å²) in [6, 6.07) is 6.39. The second-order valence-corrected chi connectivity index (χ2v) is 6.91. The third-order valence-electron chi connectivity index (χ3n) is 4.70. The van der Waals surface area contributed by atoms with Gasteiger partial charge >= 0.3 is 0 Å². The first-order chi connectivity index (χ1) is 12.0. The Labute approximate surface area is 151 Å². The Kier molecular flexibility index (Phi) is 5.60. The standard InChI is InChI=1S/C18H22ClN3O3/c19-14-8-7-12(15-10-16(23)22-21-15)9-13(14)18(25)20-17(24)11-5-3-1-2-4-6-11/h7-11,17,24H,1-6H2,(H,20,25)(H2,21,22,23). The van der Waals surface area contributed by atoms with Crippen molar-refractivity contribution in [3.63, 3.8) is 0 Å². The minimum Gasteiger partial charge on any atom is -0.494 e. The van der Waals surface area contributed by atoms with Crippen LogP contribution in [0.5, 0.6) is 5.88 Å². The average Bonchev–Trinajstić information content (AvgIpc) is 2.85. The van der Waals surface area contributed by atoms with Gasteiger partial charge in [-0.25, -0.2) is 5.10 Å². The van der Waals surface area contributed by atoms with E-state index in [0.29, 0.717) is 16.3 Å². The molecule has 0 aliphatic heterocycles. The van der Waals surface area contributed by atoms with Gasteiger partial charge in [0.25, 0.3) is 5.91 Å². The third-order valence-corrected chi connectivity index (χ3v) is 5.03. The summed E-state index contributed by atoms with van der Waals surface area (Å²) in [7, 11) is 0. The summed E-state index contributed by atoms with van der Waals surface area (Å²) in [5.41, 5.74) is 1.43. The number of carbonyl (C=O) groups excluding carboxylic acids is 1. The number of nitrogens with one attached hydrogen (secondary N) is 2. The number of nitrogens with zero attached hydrogens (tertiary/aromatic N) is 1. The summed E-state index contributed by atoms with van der Waals surface area (Å²) in [6.45, 7) is 0. The van der Waals surface area contributed by atoms with E-state index in [4.69, 9.17) is 11.6 Å². The van der Waals surface area contributed by atoms with Crippen molar-refractivity contribution in [2.45, 2.75) is 44.8 Å². The molecule has 6 nitrogen and oxygen atoms in total. The topological polar surface area (TPSA) is 98.2 Å². The number of halogens is 1. The number of aromatic nitrogens is 2. The second-order valence-electron chi connectivity index (χ2n) is 6.50. The van der Waals surface area contributed by atoms with E-state index in [-0.39, 0.29) is 17.4 Å². The maximum absolute atomic E-state index is 12.6. The molecule has 0 radical (unpaired) electrons. The maximum atomic E-state index is 12.6. The molecule has 7 heteroatoms. The summed E-state index contributed by atoms with van der Waals surface area (Å²) in [5, 5.41) is 29.1. The number of aromatic amines is 1. The molecular weight excluding hydrogens is 342 g/mol. The predicted octanol–water partition coefficient (Wildman–Crippen LogP) is 3.45. The first-order valence-electron chi connectivity index (χ1n) is 8.58. The molecule has 2 aromatic rings. The number of carbonyl (C=O) groups is 1. The van der Waals surface area contributed by atoms with Gasteiger partial charge in [0.1, 0.15) is 6.23 Å². The van der Waals surface area contributed by atoms with Crippen LogP contribution in [0.1, 0.15) is 48.9 Å². The number of hydrogen-bond acceptors (Lipinski definition) is 4. The van der Waals surface area contributed by atoms with Crippen molar-refractivity contribution in [1.29, 1.82) is 0 Å². The van der Waals surface area contributed by atoms with E-state index in [1.54, 1.807) is 18.2 Å². The largest absolute Gasteiger partial charge is 0.494 e. The van der Waals surface area contributed by atoms with Gasteiger partial charge in [0.15, 0.2) is 0 Å². The molecule has 1 saturated carbocycles. The molecule has 4 N–H and O–H groups in total. The Balaban J connectivity index is 1.74. The molecule has 1 heterocycles. The number of rotatable bonds is 4. The van der Waals surface area contributed by atoms with Crippen molar-refractivity contribution in [1.82, 2.24) is 15.5 Å². The number of H-pyrrole nitrogens is 1. The Hall–Kier alpha value is -2.05. The summed E-state index contributed by atoms with van der Waals surface area (Å²) < 4.78 is 0. The summed E-state index contributed by atoms with van der Waals surface area (Å²) in [4.78, 5) is 12.6.